The summed E-state index contributed by atoms with van der Waals surface area (Å²) < 4.78 is 0. The minimum atomic E-state index is -0.0647. The van der Waals surface area contributed by atoms with Crippen LogP contribution in [0, 0.1) is 0 Å². The van der Waals surface area contributed by atoms with Crippen LogP contribution in [0.25, 0.3) is 0 Å². The Morgan fingerprint density at radius 2 is 1.75 bits per heavy atom. The largest absolute Gasteiger partial charge is 0.354 e. The summed E-state index contributed by atoms with van der Waals surface area (Å²) in [5.41, 5.74) is 0. The molecular formula is C15H27N3O2. The maximum atomic E-state index is 11.9. The summed E-state index contributed by atoms with van der Waals surface area (Å²) in [7, 11) is 0. The Morgan fingerprint density at radius 3 is 2.45 bits per heavy atom. The zero-order valence-corrected chi connectivity index (χ0v) is 12.2. The van der Waals surface area contributed by atoms with Crippen LogP contribution in [0.1, 0.15) is 57.8 Å². The average Bonchev–Trinajstić information content (AvgIpc) is 2.49. The molecule has 1 aliphatic carbocycles. The van der Waals surface area contributed by atoms with Crippen LogP contribution in [0.4, 0.5) is 0 Å². The first-order chi connectivity index (χ1) is 9.75. The van der Waals surface area contributed by atoms with Gasteiger partial charge in [-0.15, -0.1) is 0 Å². The van der Waals surface area contributed by atoms with Crippen LogP contribution in [0.5, 0.6) is 0 Å². The van der Waals surface area contributed by atoms with Gasteiger partial charge >= 0.3 is 0 Å². The molecule has 1 atom stereocenters. The number of carbonyl (C=O) groups is 2. The van der Waals surface area contributed by atoms with Gasteiger partial charge in [-0.25, -0.2) is 0 Å². The number of hydrogen-bond acceptors (Lipinski definition) is 3. The molecule has 0 aromatic rings. The standard InChI is InChI=1S/C15H27N3O2/c19-14(18-12-6-2-1-3-7-12)9-11-17-15(20)13-8-4-5-10-16-13/h12-13,16H,1-11H2,(H,17,20)(H,18,19). The number of piperidine rings is 1. The average molecular weight is 281 g/mol. The first kappa shape index (κ1) is 15.3. The molecular weight excluding hydrogens is 254 g/mol. The van der Waals surface area contributed by atoms with Crippen molar-refractivity contribution in [2.75, 3.05) is 13.1 Å². The first-order valence-electron chi connectivity index (χ1n) is 8.06. The van der Waals surface area contributed by atoms with E-state index in [1.165, 1.54) is 19.3 Å². The van der Waals surface area contributed by atoms with Crippen molar-refractivity contribution in [3.8, 4) is 0 Å². The highest BCUT2D eigenvalue weighted by atomic mass is 16.2. The molecule has 0 radical (unpaired) electrons. The van der Waals surface area contributed by atoms with Crippen molar-refractivity contribution in [3.63, 3.8) is 0 Å². The molecule has 1 saturated carbocycles. The molecule has 5 nitrogen and oxygen atoms in total. The summed E-state index contributed by atoms with van der Waals surface area (Å²) in [4.78, 5) is 23.7. The van der Waals surface area contributed by atoms with Crippen LogP contribution in [0.2, 0.25) is 0 Å². The molecule has 3 N–H and O–H groups in total. The number of hydrogen-bond donors (Lipinski definition) is 3. The van der Waals surface area contributed by atoms with Crippen molar-refractivity contribution in [1.29, 1.82) is 0 Å². The van der Waals surface area contributed by atoms with Gasteiger partial charge in [-0.2, -0.15) is 0 Å². The van der Waals surface area contributed by atoms with E-state index in [4.69, 9.17) is 0 Å². The normalized spacial score (nSPS) is 24.1. The zero-order valence-electron chi connectivity index (χ0n) is 12.2. The molecule has 20 heavy (non-hydrogen) atoms. The highest BCUT2D eigenvalue weighted by Crippen LogP contribution is 2.17. The fraction of sp³-hybridized carbons (Fsp3) is 0.867. The maximum Gasteiger partial charge on any atom is 0.237 e. The molecule has 2 aliphatic rings. The van der Waals surface area contributed by atoms with Gasteiger partial charge in [0, 0.05) is 19.0 Å². The zero-order chi connectivity index (χ0) is 14.2. The molecule has 5 heteroatoms. The lowest BCUT2D eigenvalue weighted by Crippen LogP contribution is -2.47. The van der Waals surface area contributed by atoms with Crippen LogP contribution in [-0.4, -0.2) is 37.0 Å². The molecule has 1 aliphatic heterocycles. The van der Waals surface area contributed by atoms with E-state index in [0.29, 0.717) is 19.0 Å². The van der Waals surface area contributed by atoms with E-state index in [2.05, 4.69) is 16.0 Å². The van der Waals surface area contributed by atoms with E-state index in [9.17, 15) is 9.59 Å². The van der Waals surface area contributed by atoms with Gasteiger partial charge in [-0.05, 0) is 32.2 Å². The van der Waals surface area contributed by atoms with Crippen molar-refractivity contribution in [2.24, 2.45) is 0 Å². The van der Waals surface area contributed by atoms with Crippen molar-refractivity contribution >= 4 is 11.8 Å². The van der Waals surface area contributed by atoms with Gasteiger partial charge in [0.25, 0.3) is 0 Å². The lowest BCUT2D eigenvalue weighted by Gasteiger charge is -2.23. The predicted molar refractivity (Wildman–Crippen MR) is 78.3 cm³/mol. The monoisotopic (exact) mass is 281 g/mol. The van der Waals surface area contributed by atoms with Gasteiger partial charge in [0.05, 0.1) is 6.04 Å². The van der Waals surface area contributed by atoms with E-state index in [0.717, 1.165) is 38.6 Å². The fourth-order valence-electron chi connectivity index (χ4n) is 3.04. The summed E-state index contributed by atoms with van der Waals surface area (Å²) in [6.45, 7) is 1.36. The van der Waals surface area contributed by atoms with E-state index in [1.54, 1.807) is 0 Å². The molecule has 1 heterocycles. The molecule has 0 spiro atoms. The molecule has 2 fully saturated rings. The highest BCUT2D eigenvalue weighted by Gasteiger charge is 2.20. The quantitative estimate of drug-likeness (QED) is 0.706. The van der Waals surface area contributed by atoms with Gasteiger partial charge in [0.15, 0.2) is 0 Å². The molecule has 1 saturated heterocycles. The SMILES string of the molecule is O=C(CCNC(=O)C1CCCCN1)NC1CCCCC1. The Morgan fingerprint density at radius 1 is 1.00 bits per heavy atom. The van der Waals surface area contributed by atoms with Crippen LogP contribution >= 0.6 is 0 Å². The Kier molecular flexibility index (Phi) is 6.30. The summed E-state index contributed by atoms with van der Waals surface area (Å²) in [6.07, 6.45) is 9.46. The molecule has 114 valence electrons. The Hall–Kier alpha value is -1.10. The Bertz CT molecular complexity index is 321. The van der Waals surface area contributed by atoms with E-state index in [-0.39, 0.29) is 17.9 Å². The molecule has 0 bridgehead atoms. The first-order valence-corrected chi connectivity index (χ1v) is 8.06. The van der Waals surface area contributed by atoms with Crippen LogP contribution in [0.15, 0.2) is 0 Å². The topological polar surface area (TPSA) is 70.2 Å². The highest BCUT2D eigenvalue weighted by molar-refractivity contribution is 5.82. The Labute approximate surface area is 121 Å². The van der Waals surface area contributed by atoms with Crippen LogP contribution in [0.3, 0.4) is 0 Å². The van der Waals surface area contributed by atoms with Crippen LogP contribution < -0.4 is 16.0 Å². The van der Waals surface area contributed by atoms with Gasteiger partial charge in [0.2, 0.25) is 11.8 Å². The predicted octanol–water partition coefficient (Wildman–Crippen LogP) is 1.08. The summed E-state index contributed by atoms with van der Waals surface area (Å²) in [5.74, 6) is 0.101. The summed E-state index contributed by atoms with van der Waals surface area (Å²) in [6, 6.07) is 0.289. The van der Waals surface area contributed by atoms with Gasteiger partial charge < -0.3 is 16.0 Å². The third-order valence-electron chi connectivity index (χ3n) is 4.25. The second kappa shape index (κ2) is 8.25. The minimum absolute atomic E-state index is 0.0372. The lowest BCUT2D eigenvalue weighted by atomic mass is 9.95. The number of rotatable bonds is 5. The van der Waals surface area contributed by atoms with Crippen molar-refractivity contribution < 1.29 is 9.59 Å². The van der Waals surface area contributed by atoms with Crippen LogP contribution in [-0.2, 0) is 9.59 Å². The molecule has 2 amide bonds. The van der Waals surface area contributed by atoms with Gasteiger partial charge in [-0.1, -0.05) is 25.7 Å². The van der Waals surface area contributed by atoms with Crippen molar-refractivity contribution in [1.82, 2.24) is 16.0 Å². The van der Waals surface area contributed by atoms with Crippen molar-refractivity contribution in [2.45, 2.75) is 69.9 Å². The molecule has 1 unspecified atom stereocenters. The van der Waals surface area contributed by atoms with E-state index >= 15 is 0 Å². The number of amides is 2. The maximum absolute atomic E-state index is 11.9. The minimum Gasteiger partial charge on any atom is -0.354 e. The van der Waals surface area contributed by atoms with Gasteiger partial charge in [0.1, 0.15) is 0 Å². The second-order valence-corrected chi connectivity index (χ2v) is 5.95. The number of carbonyl (C=O) groups excluding carboxylic acids is 2. The molecule has 2 rings (SSSR count). The van der Waals surface area contributed by atoms with E-state index in [1.807, 2.05) is 0 Å². The molecule has 0 aromatic carbocycles. The van der Waals surface area contributed by atoms with Crippen molar-refractivity contribution in [3.05, 3.63) is 0 Å². The summed E-state index contributed by atoms with van der Waals surface area (Å²) >= 11 is 0. The summed E-state index contributed by atoms with van der Waals surface area (Å²) in [5, 5.41) is 9.13. The fourth-order valence-corrected chi connectivity index (χ4v) is 3.04. The Balaban J connectivity index is 1.57. The third kappa shape index (κ3) is 5.12. The molecule has 0 aromatic heterocycles. The third-order valence-corrected chi connectivity index (χ3v) is 4.25. The second-order valence-electron chi connectivity index (χ2n) is 5.95. The smallest absolute Gasteiger partial charge is 0.237 e. The number of nitrogens with one attached hydrogen (secondary N) is 3. The van der Waals surface area contributed by atoms with Gasteiger partial charge in [-0.3, -0.25) is 9.59 Å². The van der Waals surface area contributed by atoms with E-state index < -0.39 is 0 Å². The lowest BCUT2D eigenvalue weighted by molar-refractivity contribution is -0.124.